The van der Waals surface area contributed by atoms with Gasteiger partial charge in [-0.05, 0) is 6.61 Å². The molecule has 0 amide bonds. The Morgan fingerprint density at radius 1 is 1.56 bits per heavy atom. The Bertz CT molecular complexity index is 378. The molecule has 0 aromatic heterocycles. The molecule has 1 aliphatic rings. The molecule has 1 aromatic rings. The SMILES string of the molecule is [CH2-]c1ccccc1[C@H]1O[C-]1COC(C)=O.[Y]. The number of hydrogen-bond donors (Lipinski definition) is 0. The fourth-order valence-corrected chi connectivity index (χ4v) is 1.43. The summed E-state index contributed by atoms with van der Waals surface area (Å²) in [4.78, 5) is 10.6. The van der Waals surface area contributed by atoms with Crippen molar-refractivity contribution in [2.75, 3.05) is 6.61 Å². The molecule has 0 aliphatic carbocycles. The summed E-state index contributed by atoms with van der Waals surface area (Å²) < 4.78 is 10.2. The van der Waals surface area contributed by atoms with E-state index in [9.17, 15) is 4.79 Å². The first-order chi connectivity index (χ1) is 7.18. The Balaban J connectivity index is 0.00000128. The smallest absolute Gasteiger partial charge is 0.300 e. The molecule has 1 saturated heterocycles. The monoisotopic (exact) mass is 293 g/mol. The summed E-state index contributed by atoms with van der Waals surface area (Å²) in [5.41, 5.74) is 1.99. The molecule has 0 spiro atoms. The van der Waals surface area contributed by atoms with Crippen LogP contribution in [0.2, 0.25) is 0 Å². The standard InChI is InChI=1S/C12H12O3.Y/c1-8-5-3-4-6-10(8)12-11(15-12)7-14-9(2)13;/h3-6,12H,1,7H2,2H3;/q-2;/t12-;/m1./s1. The Hall–Kier alpha value is -0.376. The maximum atomic E-state index is 10.6. The number of ether oxygens (including phenoxy) is 2. The van der Waals surface area contributed by atoms with Crippen LogP contribution in [0, 0.1) is 13.0 Å². The summed E-state index contributed by atoms with van der Waals surface area (Å²) in [6.45, 7) is 5.54. The first-order valence-electron chi connectivity index (χ1n) is 4.75. The zero-order chi connectivity index (χ0) is 10.8. The van der Waals surface area contributed by atoms with Crippen molar-refractivity contribution in [3.8, 4) is 0 Å². The van der Waals surface area contributed by atoms with Gasteiger partial charge in [0.1, 0.15) is 0 Å². The van der Waals surface area contributed by atoms with E-state index in [1.807, 2.05) is 24.3 Å². The maximum Gasteiger partial charge on any atom is 0.300 e. The van der Waals surface area contributed by atoms with Crippen molar-refractivity contribution < 1.29 is 47.0 Å². The molecule has 4 heteroatoms. The van der Waals surface area contributed by atoms with Gasteiger partial charge in [0.15, 0.2) is 0 Å². The summed E-state index contributed by atoms with van der Waals surface area (Å²) in [6.07, 6.45) is 0.749. The number of hydrogen-bond acceptors (Lipinski definition) is 3. The summed E-state index contributed by atoms with van der Waals surface area (Å²) in [5.74, 6) is -0.292. The van der Waals surface area contributed by atoms with Crippen molar-refractivity contribution in [3.63, 3.8) is 0 Å². The van der Waals surface area contributed by atoms with Crippen molar-refractivity contribution >= 4 is 5.97 Å². The number of carbonyl (C=O) groups excluding carboxylic acids is 1. The van der Waals surface area contributed by atoms with Gasteiger partial charge in [-0.3, -0.25) is 4.79 Å². The van der Waals surface area contributed by atoms with Crippen molar-refractivity contribution in [1.29, 1.82) is 0 Å². The summed E-state index contributed by atoms with van der Waals surface area (Å²) in [6, 6.07) is 7.77. The van der Waals surface area contributed by atoms with Crippen LogP contribution in [0.3, 0.4) is 0 Å². The average Bonchev–Trinajstić information content (AvgIpc) is 2.95. The summed E-state index contributed by atoms with van der Waals surface area (Å²) >= 11 is 0. The van der Waals surface area contributed by atoms with E-state index < -0.39 is 0 Å². The molecule has 3 nitrogen and oxygen atoms in total. The number of benzene rings is 1. The van der Waals surface area contributed by atoms with Gasteiger partial charge in [-0.1, -0.05) is 12.2 Å². The molecule has 0 unspecified atom stereocenters. The van der Waals surface area contributed by atoms with Gasteiger partial charge in [-0.25, -0.2) is 0 Å². The molecular weight excluding hydrogens is 281 g/mol. The predicted molar refractivity (Wildman–Crippen MR) is 54.6 cm³/mol. The Kier molecular flexibility index (Phi) is 4.97. The molecule has 1 radical (unpaired) electrons. The molecular formula is C12H12O3Y-2. The van der Waals surface area contributed by atoms with Crippen LogP contribution in [0.15, 0.2) is 24.3 Å². The second-order valence-corrected chi connectivity index (χ2v) is 3.44. The quantitative estimate of drug-likeness (QED) is 0.486. The van der Waals surface area contributed by atoms with Crippen LogP contribution in [-0.4, -0.2) is 12.6 Å². The van der Waals surface area contributed by atoms with E-state index in [0.717, 1.165) is 17.2 Å². The van der Waals surface area contributed by atoms with Crippen molar-refractivity contribution in [1.82, 2.24) is 0 Å². The third kappa shape index (κ3) is 3.31. The number of epoxide rings is 1. The molecule has 2 rings (SSSR count). The molecule has 83 valence electrons. The average molecular weight is 293 g/mol. The van der Waals surface area contributed by atoms with E-state index in [0.29, 0.717) is 0 Å². The predicted octanol–water partition coefficient (Wildman–Crippen LogP) is 2.03. The van der Waals surface area contributed by atoms with Crippen LogP contribution < -0.4 is 0 Å². The van der Waals surface area contributed by atoms with Gasteiger partial charge < -0.3 is 9.47 Å². The van der Waals surface area contributed by atoms with Crippen LogP contribution >= 0.6 is 0 Å². The first kappa shape index (κ1) is 13.7. The third-order valence-corrected chi connectivity index (χ3v) is 2.26. The van der Waals surface area contributed by atoms with E-state index in [1.54, 1.807) is 0 Å². The summed E-state index contributed by atoms with van der Waals surface area (Å²) in [5, 5.41) is 0. The zero-order valence-electron chi connectivity index (χ0n) is 9.10. The van der Waals surface area contributed by atoms with E-state index in [2.05, 4.69) is 6.92 Å². The van der Waals surface area contributed by atoms with E-state index in [1.165, 1.54) is 6.92 Å². The molecule has 1 heterocycles. The minimum atomic E-state index is -0.292. The second-order valence-electron chi connectivity index (χ2n) is 3.44. The van der Waals surface area contributed by atoms with E-state index >= 15 is 0 Å². The number of carbonyl (C=O) groups is 1. The van der Waals surface area contributed by atoms with Gasteiger partial charge >= 0.3 is 0 Å². The molecule has 1 aliphatic heterocycles. The van der Waals surface area contributed by atoms with Crippen LogP contribution in [0.4, 0.5) is 0 Å². The number of rotatable bonds is 3. The molecule has 1 fully saturated rings. The van der Waals surface area contributed by atoms with Crippen molar-refractivity contribution in [2.45, 2.75) is 13.0 Å². The van der Waals surface area contributed by atoms with Gasteiger partial charge in [0, 0.05) is 39.6 Å². The molecule has 0 bridgehead atoms. The first-order valence-corrected chi connectivity index (χ1v) is 4.75. The summed E-state index contributed by atoms with van der Waals surface area (Å²) in [7, 11) is 0. The molecule has 1 aromatic carbocycles. The Labute approximate surface area is 120 Å². The van der Waals surface area contributed by atoms with Crippen LogP contribution in [-0.2, 0) is 47.0 Å². The van der Waals surface area contributed by atoms with Gasteiger partial charge in [0.25, 0.3) is 5.97 Å². The van der Waals surface area contributed by atoms with E-state index in [-0.39, 0.29) is 51.4 Å². The fraction of sp³-hybridized carbons (Fsp3) is 0.250. The van der Waals surface area contributed by atoms with Gasteiger partial charge in [0.2, 0.25) is 0 Å². The molecule has 0 N–H and O–H groups in total. The van der Waals surface area contributed by atoms with Crippen molar-refractivity contribution in [2.24, 2.45) is 0 Å². The van der Waals surface area contributed by atoms with Gasteiger partial charge in [0.05, 0.1) is 0 Å². The van der Waals surface area contributed by atoms with Crippen LogP contribution in [0.1, 0.15) is 24.2 Å². The Morgan fingerprint density at radius 3 is 2.88 bits per heavy atom. The molecule has 16 heavy (non-hydrogen) atoms. The second kappa shape index (κ2) is 5.80. The van der Waals surface area contributed by atoms with Crippen LogP contribution in [0.5, 0.6) is 0 Å². The third-order valence-electron chi connectivity index (χ3n) is 2.26. The Morgan fingerprint density at radius 2 is 2.25 bits per heavy atom. The zero-order valence-corrected chi connectivity index (χ0v) is 11.9. The van der Waals surface area contributed by atoms with Gasteiger partial charge in [-0.2, -0.15) is 24.1 Å². The minimum Gasteiger partial charge on any atom is -0.572 e. The molecule has 0 saturated carbocycles. The normalized spacial score (nSPS) is 18.7. The van der Waals surface area contributed by atoms with E-state index in [4.69, 9.17) is 9.47 Å². The maximum absolute atomic E-state index is 10.6. The molecule has 1 atom stereocenters. The number of esters is 1. The van der Waals surface area contributed by atoms with Gasteiger partial charge in [-0.15, -0.1) is 18.2 Å². The van der Waals surface area contributed by atoms with Crippen LogP contribution in [0.25, 0.3) is 0 Å². The largest absolute Gasteiger partial charge is 0.572 e. The van der Waals surface area contributed by atoms with Crippen molar-refractivity contribution in [3.05, 3.63) is 48.4 Å². The minimum absolute atomic E-state index is 0. The fourth-order valence-electron chi connectivity index (χ4n) is 1.43. The topological polar surface area (TPSA) is 38.8 Å².